The highest BCUT2D eigenvalue weighted by molar-refractivity contribution is 6.30. The molecule has 0 spiro atoms. The van der Waals surface area contributed by atoms with Gasteiger partial charge in [0.25, 0.3) is 5.91 Å². The number of aromatic nitrogens is 2. The largest absolute Gasteiger partial charge is 0.474 e. The molecular formula is C19H21ClFN3O2. The van der Waals surface area contributed by atoms with Crippen molar-refractivity contribution in [3.63, 3.8) is 0 Å². The van der Waals surface area contributed by atoms with Gasteiger partial charge in [-0.25, -0.2) is 14.4 Å². The third kappa shape index (κ3) is 3.65. The Morgan fingerprint density at radius 1 is 1.42 bits per heavy atom. The summed E-state index contributed by atoms with van der Waals surface area (Å²) in [7, 11) is 0. The number of carbonyl (C=O) groups is 1. The zero-order valence-electron chi connectivity index (χ0n) is 15.2. The number of hydrogen-bond acceptors (Lipinski definition) is 4. The normalized spacial score (nSPS) is 15.2. The number of amides is 1. The number of ether oxygens (including phenoxy) is 1. The Bertz CT molecular complexity index is 851. The van der Waals surface area contributed by atoms with Gasteiger partial charge in [-0.1, -0.05) is 11.6 Å². The van der Waals surface area contributed by atoms with E-state index in [4.69, 9.17) is 16.3 Å². The van der Waals surface area contributed by atoms with Crippen LogP contribution in [0.1, 0.15) is 53.9 Å². The van der Waals surface area contributed by atoms with Gasteiger partial charge in [-0.2, -0.15) is 0 Å². The van der Waals surface area contributed by atoms with E-state index in [-0.39, 0.29) is 18.6 Å². The fourth-order valence-electron chi connectivity index (χ4n) is 2.91. The Hall–Kier alpha value is -2.21. The van der Waals surface area contributed by atoms with Crippen molar-refractivity contribution in [1.82, 2.24) is 14.9 Å². The van der Waals surface area contributed by atoms with Crippen LogP contribution in [0.15, 0.2) is 24.5 Å². The molecule has 2 aromatic heterocycles. The molecule has 0 aromatic carbocycles. The highest BCUT2D eigenvalue weighted by Gasteiger charge is 2.33. The second-order valence-electron chi connectivity index (χ2n) is 7.13. The lowest BCUT2D eigenvalue weighted by atomic mass is 10.1. The average molecular weight is 378 g/mol. The second kappa shape index (κ2) is 6.83. The summed E-state index contributed by atoms with van der Waals surface area (Å²) in [5, 5.41) is 0.359. The molecule has 1 aliphatic rings. The van der Waals surface area contributed by atoms with Crippen molar-refractivity contribution in [2.24, 2.45) is 0 Å². The summed E-state index contributed by atoms with van der Waals surface area (Å²) >= 11 is 6.12. The Kier molecular flexibility index (Phi) is 4.88. The van der Waals surface area contributed by atoms with Gasteiger partial charge in [0.05, 0.1) is 12.6 Å². The molecule has 0 N–H and O–H groups in total. The summed E-state index contributed by atoms with van der Waals surface area (Å²) in [5.41, 5.74) is 1.58. The van der Waals surface area contributed by atoms with Gasteiger partial charge < -0.3 is 9.64 Å². The van der Waals surface area contributed by atoms with Gasteiger partial charge in [-0.05, 0) is 45.4 Å². The summed E-state index contributed by atoms with van der Waals surface area (Å²) in [6.07, 6.45) is 3.20. The third-order valence-corrected chi connectivity index (χ3v) is 4.70. The number of halogens is 2. The number of alkyl halides is 1. The molecule has 5 nitrogen and oxygen atoms in total. The molecule has 3 rings (SSSR count). The minimum atomic E-state index is -1.43. The van der Waals surface area contributed by atoms with Crippen LogP contribution in [-0.4, -0.2) is 33.1 Å². The highest BCUT2D eigenvalue weighted by Crippen LogP contribution is 2.34. The van der Waals surface area contributed by atoms with Crippen LogP contribution < -0.4 is 4.74 Å². The molecule has 1 unspecified atom stereocenters. The minimum Gasteiger partial charge on any atom is -0.474 e. The second-order valence-corrected chi connectivity index (χ2v) is 7.49. The maximum atomic E-state index is 13.6. The van der Waals surface area contributed by atoms with E-state index in [0.717, 1.165) is 16.7 Å². The molecule has 0 bridgehead atoms. The first-order valence-corrected chi connectivity index (χ1v) is 8.78. The van der Waals surface area contributed by atoms with Gasteiger partial charge in [-0.15, -0.1) is 0 Å². The first-order valence-electron chi connectivity index (χ1n) is 8.40. The third-order valence-electron chi connectivity index (χ3n) is 4.38. The number of pyridine rings is 2. The molecule has 2 aromatic rings. The molecule has 0 fully saturated rings. The maximum Gasteiger partial charge on any atom is 0.255 e. The van der Waals surface area contributed by atoms with Gasteiger partial charge in [-0.3, -0.25) is 4.79 Å². The average Bonchev–Trinajstić information content (AvgIpc) is 2.91. The van der Waals surface area contributed by atoms with E-state index in [0.29, 0.717) is 23.1 Å². The molecule has 0 aliphatic carbocycles. The first kappa shape index (κ1) is 18.6. The maximum absolute atomic E-state index is 13.6. The van der Waals surface area contributed by atoms with Crippen LogP contribution in [0.3, 0.4) is 0 Å². The molecule has 7 heteroatoms. The van der Waals surface area contributed by atoms with E-state index in [9.17, 15) is 9.18 Å². The fraction of sp³-hybridized carbons (Fsp3) is 0.421. The smallest absolute Gasteiger partial charge is 0.255 e. The molecule has 1 atom stereocenters. The van der Waals surface area contributed by atoms with Crippen LogP contribution in [0.5, 0.6) is 5.88 Å². The standard InChI is InChI=1S/C19H21ClFN3O2/c1-11-7-13(8-23-17(11)26-10-19(3,4)21)12(2)24-9-15-14(18(24)25)5-6-22-16(15)20/h5-8,12H,9-10H2,1-4H3. The zero-order valence-corrected chi connectivity index (χ0v) is 16.0. The number of nitrogens with zero attached hydrogens (tertiary/aromatic N) is 3. The van der Waals surface area contributed by atoms with E-state index in [1.54, 1.807) is 17.2 Å². The molecule has 138 valence electrons. The molecule has 1 aliphatic heterocycles. The Morgan fingerprint density at radius 2 is 2.15 bits per heavy atom. The van der Waals surface area contributed by atoms with Gasteiger partial charge in [0.1, 0.15) is 17.4 Å². The topological polar surface area (TPSA) is 55.3 Å². The van der Waals surface area contributed by atoms with E-state index in [1.807, 2.05) is 19.9 Å². The number of hydrogen-bond donors (Lipinski definition) is 0. The van der Waals surface area contributed by atoms with Crippen LogP contribution in [-0.2, 0) is 6.54 Å². The van der Waals surface area contributed by atoms with E-state index >= 15 is 0 Å². The van der Waals surface area contributed by atoms with Gasteiger partial charge in [0.15, 0.2) is 0 Å². The zero-order chi connectivity index (χ0) is 19.1. The Balaban J connectivity index is 1.79. The lowest BCUT2D eigenvalue weighted by Crippen LogP contribution is -2.27. The molecule has 1 amide bonds. The molecule has 0 saturated heterocycles. The summed E-state index contributed by atoms with van der Waals surface area (Å²) in [5.74, 6) is 0.323. The van der Waals surface area contributed by atoms with Crippen molar-refractivity contribution in [2.45, 2.75) is 46.0 Å². The van der Waals surface area contributed by atoms with E-state index in [1.165, 1.54) is 20.0 Å². The fourth-order valence-corrected chi connectivity index (χ4v) is 3.13. The van der Waals surface area contributed by atoms with Crippen molar-refractivity contribution in [2.75, 3.05) is 6.61 Å². The van der Waals surface area contributed by atoms with E-state index in [2.05, 4.69) is 9.97 Å². The van der Waals surface area contributed by atoms with Crippen LogP contribution in [0.2, 0.25) is 5.15 Å². The molecule has 0 radical (unpaired) electrons. The van der Waals surface area contributed by atoms with Crippen molar-refractivity contribution in [1.29, 1.82) is 0 Å². The van der Waals surface area contributed by atoms with Crippen LogP contribution in [0.25, 0.3) is 0 Å². The number of aryl methyl sites for hydroxylation is 1. The lowest BCUT2D eigenvalue weighted by molar-refractivity contribution is 0.0715. The van der Waals surface area contributed by atoms with Crippen molar-refractivity contribution in [3.05, 3.63) is 51.9 Å². The van der Waals surface area contributed by atoms with Gasteiger partial charge >= 0.3 is 0 Å². The Labute approximate surface area is 157 Å². The van der Waals surface area contributed by atoms with Crippen molar-refractivity contribution >= 4 is 17.5 Å². The molecule has 26 heavy (non-hydrogen) atoms. The molecule has 3 heterocycles. The summed E-state index contributed by atoms with van der Waals surface area (Å²) in [6.45, 7) is 7.04. The number of rotatable bonds is 5. The molecular weight excluding hydrogens is 357 g/mol. The van der Waals surface area contributed by atoms with Crippen molar-refractivity contribution in [3.8, 4) is 5.88 Å². The lowest BCUT2D eigenvalue weighted by Gasteiger charge is -2.25. The first-order chi connectivity index (χ1) is 12.2. The molecule has 0 saturated carbocycles. The predicted octanol–water partition coefficient (Wildman–Crippen LogP) is 4.28. The Morgan fingerprint density at radius 3 is 2.77 bits per heavy atom. The number of fused-ring (bicyclic) bond motifs is 1. The van der Waals surface area contributed by atoms with Crippen LogP contribution in [0, 0.1) is 6.92 Å². The van der Waals surface area contributed by atoms with Gasteiger partial charge in [0.2, 0.25) is 5.88 Å². The number of carbonyl (C=O) groups excluding carboxylic acids is 1. The van der Waals surface area contributed by atoms with E-state index < -0.39 is 5.67 Å². The quantitative estimate of drug-likeness (QED) is 0.730. The van der Waals surface area contributed by atoms with Crippen LogP contribution >= 0.6 is 11.6 Å². The predicted molar refractivity (Wildman–Crippen MR) is 97.2 cm³/mol. The summed E-state index contributed by atoms with van der Waals surface area (Å²) in [6, 6.07) is 3.41. The summed E-state index contributed by atoms with van der Waals surface area (Å²) < 4.78 is 19.1. The monoisotopic (exact) mass is 377 g/mol. The van der Waals surface area contributed by atoms with Crippen LogP contribution in [0.4, 0.5) is 4.39 Å². The van der Waals surface area contributed by atoms with Crippen molar-refractivity contribution < 1.29 is 13.9 Å². The highest BCUT2D eigenvalue weighted by atomic mass is 35.5. The minimum absolute atomic E-state index is 0.0683. The van der Waals surface area contributed by atoms with Gasteiger partial charge in [0, 0.05) is 29.1 Å². The SMILES string of the molecule is Cc1cc(C(C)N2Cc3c(ccnc3Cl)C2=O)cnc1OCC(C)(C)F. The summed E-state index contributed by atoms with van der Waals surface area (Å²) in [4.78, 5) is 22.8.